The zero-order chi connectivity index (χ0) is 13.1. The third kappa shape index (κ3) is 4.32. The third-order valence-electron chi connectivity index (χ3n) is 1.74. The molecule has 1 rings (SSSR count). The topological polar surface area (TPSA) is 90.0 Å². The van der Waals surface area contributed by atoms with Crippen LogP contribution in [0.4, 0.5) is 13.2 Å². The summed E-state index contributed by atoms with van der Waals surface area (Å²) >= 11 is 0. The minimum Gasteiger partial charge on any atom is -0.329 e. The van der Waals surface area contributed by atoms with Gasteiger partial charge in [0, 0.05) is 12.7 Å². The van der Waals surface area contributed by atoms with Crippen molar-refractivity contribution in [2.24, 2.45) is 5.73 Å². The van der Waals surface area contributed by atoms with Crippen molar-refractivity contribution >= 4 is 10.0 Å². The van der Waals surface area contributed by atoms with Crippen LogP contribution in [0.25, 0.3) is 0 Å². The molecule has 0 unspecified atom stereocenters. The maximum atomic E-state index is 11.9. The van der Waals surface area contributed by atoms with Gasteiger partial charge in [0.2, 0.25) is 10.0 Å². The molecule has 0 radical (unpaired) electrons. The van der Waals surface area contributed by atoms with Gasteiger partial charge in [-0.15, -0.1) is 0 Å². The zero-order valence-corrected chi connectivity index (χ0v) is 9.42. The van der Waals surface area contributed by atoms with E-state index >= 15 is 0 Å². The summed E-state index contributed by atoms with van der Waals surface area (Å²) in [6, 6.07) is 0. The second-order valence-corrected chi connectivity index (χ2v) is 4.93. The van der Waals surface area contributed by atoms with E-state index in [0.29, 0.717) is 0 Å². The Morgan fingerprint density at radius 1 is 1.47 bits per heavy atom. The largest absolute Gasteiger partial charge is 0.402 e. The van der Waals surface area contributed by atoms with Crippen LogP contribution in [-0.4, -0.2) is 37.5 Å². The average Bonchev–Trinajstić information content (AvgIpc) is 2.64. The molecule has 0 amide bonds. The number of alkyl halides is 3. The molecule has 1 heterocycles. The highest BCUT2D eigenvalue weighted by Crippen LogP contribution is 2.14. The molecule has 0 aliphatic carbocycles. The first-order valence-electron chi connectivity index (χ1n) is 4.53. The predicted octanol–water partition coefficient (Wildman–Crippen LogP) is -0.318. The van der Waals surface area contributed by atoms with E-state index in [2.05, 4.69) is 5.10 Å². The van der Waals surface area contributed by atoms with Gasteiger partial charge >= 0.3 is 6.18 Å². The van der Waals surface area contributed by atoms with Crippen LogP contribution in [0.1, 0.15) is 0 Å². The Hall–Kier alpha value is -1.13. The summed E-state index contributed by atoms with van der Waals surface area (Å²) in [4.78, 5) is -0.324. The van der Waals surface area contributed by atoms with Crippen molar-refractivity contribution in [3.63, 3.8) is 0 Å². The summed E-state index contributed by atoms with van der Waals surface area (Å²) in [6.45, 7) is -1.08. The highest BCUT2D eigenvalue weighted by molar-refractivity contribution is 7.89. The van der Waals surface area contributed by atoms with Crippen molar-refractivity contribution in [1.82, 2.24) is 14.5 Å². The van der Waals surface area contributed by atoms with Crippen LogP contribution in [0.15, 0.2) is 17.3 Å². The fraction of sp³-hybridized carbons (Fsp3) is 0.571. The van der Waals surface area contributed by atoms with Crippen LogP contribution < -0.4 is 10.5 Å². The first-order valence-corrected chi connectivity index (χ1v) is 6.02. The lowest BCUT2D eigenvalue weighted by molar-refractivity contribution is -0.121. The van der Waals surface area contributed by atoms with Gasteiger partial charge in [0.25, 0.3) is 0 Å². The molecule has 1 aromatic rings. The Labute approximate surface area is 95.6 Å². The molecular formula is C7H11F3N4O2S. The van der Waals surface area contributed by atoms with E-state index < -0.39 is 22.7 Å². The maximum absolute atomic E-state index is 11.9. The Kier molecular flexibility index (Phi) is 4.11. The van der Waals surface area contributed by atoms with E-state index in [1.54, 1.807) is 0 Å². The van der Waals surface area contributed by atoms with Crippen LogP contribution in [0.5, 0.6) is 0 Å². The van der Waals surface area contributed by atoms with Gasteiger partial charge in [-0.3, -0.25) is 4.68 Å². The second kappa shape index (κ2) is 5.02. The Bertz CT molecular complexity index is 468. The number of aromatic nitrogens is 2. The average molecular weight is 272 g/mol. The van der Waals surface area contributed by atoms with Crippen molar-refractivity contribution in [1.29, 1.82) is 0 Å². The van der Waals surface area contributed by atoms with Crippen molar-refractivity contribution in [3.8, 4) is 0 Å². The van der Waals surface area contributed by atoms with E-state index in [1.165, 1.54) is 9.40 Å². The standard InChI is InChI=1S/C7H11F3N4O2S/c8-7(9,10)5-13-17(15,16)6-3-12-14(4-6)2-1-11/h3-4,13H,1-2,5,11H2. The highest BCUT2D eigenvalue weighted by atomic mass is 32.2. The molecule has 0 bridgehead atoms. The van der Waals surface area contributed by atoms with Gasteiger partial charge in [0.1, 0.15) is 11.4 Å². The van der Waals surface area contributed by atoms with Gasteiger partial charge in [-0.2, -0.15) is 18.3 Å². The number of nitrogens with two attached hydrogens (primary N) is 1. The van der Waals surface area contributed by atoms with Crippen molar-refractivity contribution in [2.75, 3.05) is 13.1 Å². The fourth-order valence-corrected chi connectivity index (χ4v) is 1.96. The molecule has 0 aliphatic rings. The normalized spacial score (nSPS) is 12.9. The smallest absolute Gasteiger partial charge is 0.329 e. The SMILES string of the molecule is NCCn1cc(S(=O)(=O)NCC(F)(F)F)cn1. The van der Waals surface area contributed by atoms with Gasteiger partial charge in [0.05, 0.1) is 12.7 Å². The number of rotatable bonds is 5. The lowest BCUT2D eigenvalue weighted by Crippen LogP contribution is -2.33. The lowest BCUT2D eigenvalue weighted by atomic mass is 10.6. The van der Waals surface area contributed by atoms with Crippen molar-refractivity contribution in [3.05, 3.63) is 12.4 Å². The number of halogens is 3. The molecule has 10 heteroatoms. The van der Waals surface area contributed by atoms with Crippen LogP contribution in [0, 0.1) is 0 Å². The number of sulfonamides is 1. The molecule has 0 saturated carbocycles. The first kappa shape index (κ1) is 13.9. The molecule has 0 aromatic carbocycles. The third-order valence-corrected chi connectivity index (χ3v) is 3.10. The zero-order valence-electron chi connectivity index (χ0n) is 8.61. The Morgan fingerprint density at radius 3 is 2.65 bits per heavy atom. The monoisotopic (exact) mass is 272 g/mol. The van der Waals surface area contributed by atoms with E-state index in [1.807, 2.05) is 0 Å². The van der Waals surface area contributed by atoms with Gasteiger partial charge in [-0.25, -0.2) is 13.1 Å². The summed E-state index contributed by atoms with van der Waals surface area (Å²) < 4.78 is 61.1. The molecule has 0 atom stereocenters. The van der Waals surface area contributed by atoms with Gasteiger partial charge in [-0.05, 0) is 0 Å². The van der Waals surface area contributed by atoms with E-state index in [4.69, 9.17) is 5.73 Å². The minimum absolute atomic E-state index is 0.247. The van der Waals surface area contributed by atoms with E-state index in [-0.39, 0.29) is 18.0 Å². The predicted molar refractivity (Wildman–Crippen MR) is 52.5 cm³/mol. The molecule has 0 fully saturated rings. The summed E-state index contributed by atoms with van der Waals surface area (Å²) in [6.07, 6.45) is -2.51. The summed E-state index contributed by atoms with van der Waals surface area (Å²) in [5, 5.41) is 3.65. The summed E-state index contributed by atoms with van der Waals surface area (Å²) in [5.41, 5.74) is 5.22. The summed E-state index contributed by atoms with van der Waals surface area (Å²) in [5.74, 6) is 0. The molecule has 3 N–H and O–H groups in total. The van der Waals surface area contributed by atoms with Gasteiger partial charge < -0.3 is 5.73 Å². The van der Waals surface area contributed by atoms with Crippen LogP contribution in [0.2, 0.25) is 0 Å². The van der Waals surface area contributed by atoms with E-state index in [9.17, 15) is 21.6 Å². The summed E-state index contributed by atoms with van der Waals surface area (Å²) in [7, 11) is -4.19. The van der Waals surface area contributed by atoms with E-state index in [0.717, 1.165) is 12.4 Å². The molecule has 6 nitrogen and oxygen atoms in total. The van der Waals surface area contributed by atoms with Gasteiger partial charge in [-0.1, -0.05) is 0 Å². The highest BCUT2D eigenvalue weighted by Gasteiger charge is 2.30. The molecule has 0 aliphatic heterocycles. The molecule has 0 saturated heterocycles. The molecule has 98 valence electrons. The van der Waals surface area contributed by atoms with Crippen LogP contribution >= 0.6 is 0 Å². The fourth-order valence-electron chi connectivity index (χ4n) is 0.998. The molecule has 1 aromatic heterocycles. The maximum Gasteiger partial charge on any atom is 0.402 e. The Morgan fingerprint density at radius 2 is 2.12 bits per heavy atom. The van der Waals surface area contributed by atoms with Crippen LogP contribution in [0.3, 0.4) is 0 Å². The lowest BCUT2D eigenvalue weighted by Gasteiger charge is -2.07. The molecular weight excluding hydrogens is 261 g/mol. The Balaban J connectivity index is 2.75. The van der Waals surface area contributed by atoms with Crippen molar-refractivity contribution in [2.45, 2.75) is 17.6 Å². The van der Waals surface area contributed by atoms with Gasteiger partial charge in [0.15, 0.2) is 0 Å². The minimum atomic E-state index is -4.60. The number of nitrogens with one attached hydrogen (secondary N) is 1. The number of hydrogen-bond donors (Lipinski definition) is 2. The number of nitrogens with zero attached hydrogens (tertiary/aromatic N) is 2. The second-order valence-electron chi connectivity index (χ2n) is 3.17. The molecule has 17 heavy (non-hydrogen) atoms. The van der Waals surface area contributed by atoms with Crippen LogP contribution in [-0.2, 0) is 16.6 Å². The first-order chi connectivity index (χ1) is 7.74. The molecule has 0 spiro atoms. The number of hydrogen-bond acceptors (Lipinski definition) is 4. The quantitative estimate of drug-likeness (QED) is 0.769. The van der Waals surface area contributed by atoms with Crippen molar-refractivity contribution < 1.29 is 21.6 Å².